The number of aliphatic imine (C=N–C) groups is 1. The fourth-order valence-electron chi connectivity index (χ4n) is 2.54. The highest BCUT2D eigenvalue weighted by Gasteiger charge is 2.30. The smallest absolute Gasteiger partial charge is 0.335 e. The number of carboxylic acids is 1. The molecular weight excluding hydrogens is 524 g/mol. The monoisotopic (exact) mass is 538 g/mol. The lowest BCUT2D eigenvalue weighted by molar-refractivity contribution is -0.121. The van der Waals surface area contributed by atoms with Gasteiger partial charge in [0.15, 0.2) is 5.17 Å². The van der Waals surface area contributed by atoms with Crippen LogP contribution >= 0.6 is 43.6 Å². The van der Waals surface area contributed by atoms with Crippen LogP contribution in [0.25, 0.3) is 6.08 Å². The Labute approximate surface area is 188 Å². The highest BCUT2D eigenvalue weighted by atomic mass is 79.9. The number of thioether (sulfide) groups is 1. The summed E-state index contributed by atoms with van der Waals surface area (Å²) in [5.74, 6) is -0.439. The van der Waals surface area contributed by atoms with Gasteiger partial charge in [0, 0.05) is 7.05 Å². The predicted octanol–water partition coefficient (Wildman–Crippen LogP) is 5.54. The van der Waals surface area contributed by atoms with Crippen molar-refractivity contribution in [3.8, 4) is 5.75 Å². The van der Waals surface area contributed by atoms with Gasteiger partial charge in [0.2, 0.25) is 0 Å². The first-order valence-corrected chi connectivity index (χ1v) is 10.9. The molecule has 1 fully saturated rings. The van der Waals surface area contributed by atoms with Gasteiger partial charge >= 0.3 is 5.97 Å². The molecule has 0 aliphatic carbocycles. The first-order chi connectivity index (χ1) is 13.8. The Bertz CT molecular complexity index is 1010. The van der Waals surface area contributed by atoms with Crippen LogP contribution in [0.2, 0.25) is 0 Å². The number of benzene rings is 2. The summed E-state index contributed by atoms with van der Waals surface area (Å²) in [4.78, 5) is 30.1. The van der Waals surface area contributed by atoms with Gasteiger partial charge < -0.3 is 9.84 Å². The molecule has 0 aromatic heterocycles. The SMILES string of the molecule is CCOc1c(Br)cc(/C=C2\SC(=Nc3ccc(C(=O)O)cc3)N(C)C2=O)cc1Br. The second kappa shape index (κ2) is 9.15. The molecule has 29 heavy (non-hydrogen) atoms. The molecule has 1 heterocycles. The van der Waals surface area contributed by atoms with Crippen LogP contribution in [0.5, 0.6) is 5.75 Å². The maximum absolute atomic E-state index is 12.6. The van der Waals surface area contributed by atoms with Gasteiger partial charge in [-0.25, -0.2) is 9.79 Å². The number of carboxylic acid groups (broad SMARTS) is 1. The van der Waals surface area contributed by atoms with Crippen molar-refractivity contribution < 1.29 is 19.4 Å². The van der Waals surface area contributed by atoms with Crippen molar-refractivity contribution >= 4 is 72.4 Å². The zero-order valence-electron chi connectivity index (χ0n) is 15.5. The van der Waals surface area contributed by atoms with E-state index < -0.39 is 5.97 Å². The van der Waals surface area contributed by atoms with Crippen molar-refractivity contribution in [3.05, 3.63) is 61.4 Å². The van der Waals surface area contributed by atoms with E-state index in [1.54, 1.807) is 25.3 Å². The normalized spacial score (nSPS) is 16.7. The van der Waals surface area contributed by atoms with Gasteiger partial charge in [0.1, 0.15) is 5.75 Å². The van der Waals surface area contributed by atoms with E-state index >= 15 is 0 Å². The van der Waals surface area contributed by atoms with Gasteiger partial charge in [-0.1, -0.05) is 0 Å². The topological polar surface area (TPSA) is 79.2 Å². The van der Waals surface area contributed by atoms with Gasteiger partial charge in [-0.2, -0.15) is 0 Å². The third-order valence-electron chi connectivity index (χ3n) is 3.95. The van der Waals surface area contributed by atoms with Crippen LogP contribution in [0.3, 0.4) is 0 Å². The lowest BCUT2D eigenvalue weighted by Crippen LogP contribution is -2.23. The lowest BCUT2D eigenvalue weighted by atomic mass is 10.2. The van der Waals surface area contributed by atoms with Gasteiger partial charge in [-0.15, -0.1) is 0 Å². The number of aromatic carboxylic acids is 1. The molecule has 0 bridgehead atoms. The molecule has 1 aliphatic rings. The highest BCUT2D eigenvalue weighted by Crippen LogP contribution is 2.38. The molecule has 9 heteroatoms. The third-order valence-corrected chi connectivity index (χ3v) is 6.19. The van der Waals surface area contributed by atoms with E-state index in [0.29, 0.717) is 28.1 Å². The first kappa shape index (κ1) is 21.6. The van der Waals surface area contributed by atoms with Gasteiger partial charge in [-0.3, -0.25) is 9.69 Å². The van der Waals surface area contributed by atoms with Gasteiger partial charge in [0.25, 0.3) is 5.91 Å². The van der Waals surface area contributed by atoms with Crippen LogP contribution in [-0.4, -0.2) is 40.7 Å². The Morgan fingerprint density at radius 2 is 1.86 bits per heavy atom. The fourth-order valence-corrected chi connectivity index (χ4v) is 4.97. The molecular formula is C20H16Br2N2O4S. The summed E-state index contributed by atoms with van der Waals surface area (Å²) in [6.07, 6.45) is 1.80. The van der Waals surface area contributed by atoms with Crippen molar-refractivity contribution in [2.24, 2.45) is 4.99 Å². The molecule has 0 radical (unpaired) electrons. The number of nitrogens with zero attached hydrogens (tertiary/aromatic N) is 2. The van der Waals surface area contributed by atoms with E-state index in [4.69, 9.17) is 9.84 Å². The number of amides is 1. The number of hydrogen-bond acceptors (Lipinski definition) is 5. The Hall–Kier alpha value is -2.10. The zero-order valence-corrected chi connectivity index (χ0v) is 19.5. The minimum Gasteiger partial charge on any atom is -0.492 e. The summed E-state index contributed by atoms with van der Waals surface area (Å²) in [6.45, 7) is 2.46. The highest BCUT2D eigenvalue weighted by molar-refractivity contribution is 9.11. The van der Waals surface area contributed by atoms with Crippen LogP contribution in [0.4, 0.5) is 5.69 Å². The zero-order chi connectivity index (χ0) is 21.1. The number of halogens is 2. The van der Waals surface area contributed by atoms with Crippen LogP contribution in [0.1, 0.15) is 22.8 Å². The number of rotatable bonds is 5. The van der Waals surface area contributed by atoms with Gasteiger partial charge in [-0.05, 0) is 98.6 Å². The molecule has 0 spiro atoms. The molecule has 1 aliphatic heterocycles. The average Bonchev–Trinajstić information content (AvgIpc) is 2.93. The summed E-state index contributed by atoms with van der Waals surface area (Å²) >= 11 is 8.25. The van der Waals surface area contributed by atoms with Crippen molar-refractivity contribution in [1.82, 2.24) is 4.90 Å². The summed E-state index contributed by atoms with van der Waals surface area (Å²) in [5, 5.41) is 9.50. The molecule has 0 unspecified atom stereocenters. The lowest BCUT2D eigenvalue weighted by Gasteiger charge is -2.09. The van der Waals surface area contributed by atoms with Crippen LogP contribution in [0, 0.1) is 0 Å². The molecule has 1 saturated heterocycles. The molecule has 0 saturated carbocycles. The molecule has 6 nitrogen and oxygen atoms in total. The van der Waals surface area contributed by atoms with E-state index in [1.165, 1.54) is 28.8 Å². The summed E-state index contributed by atoms with van der Waals surface area (Å²) < 4.78 is 7.16. The summed E-state index contributed by atoms with van der Waals surface area (Å²) in [7, 11) is 1.66. The Kier molecular flexibility index (Phi) is 6.81. The minimum absolute atomic E-state index is 0.156. The molecule has 1 amide bonds. The average molecular weight is 540 g/mol. The van der Waals surface area contributed by atoms with Crippen molar-refractivity contribution in [2.75, 3.05) is 13.7 Å². The predicted molar refractivity (Wildman–Crippen MR) is 122 cm³/mol. The fraction of sp³-hybridized carbons (Fsp3) is 0.150. The van der Waals surface area contributed by atoms with Crippen LogP contribution in [0.15, 0.2) is 55.2 Å². The number of likely N-dealkylation sites (N-methyl/N-ethyl adjacent to an activating group) is 1. The van der Waals surface area contributed by atoms with Crippen LogP contribution in [-0.2, 0) is 4.79 Å². The second-order valence-electron chi connectivity index (χ2n) is 5.97. The van der Waals surface area contributed by atoms with E-state index in [2.05, 4.69) is 36.9 Å². The molecule has 150 valence electrons. The van der Waals surface area contributed by atoms with Crippen molar-refractivity contribution in [1.29, 1.82) is 0 Å². The Morgan fingerprint density at radius 1 is 1.24 bits per heavy atom. The molecule has 3 rings (SSSR count). The molecule has 1 N–H and O–H groups in total. The van der Waals surface area contributed by atoms with Crippen molar-refractivity contribution in [3.63, 3.8) is 0 Å². The quantitative estimate of drug-likeness (QED) is 0.504. The van der Waals surface area contributed by atoms with E-state index in [0.717, 1.165) is 14.5 Å². The standard InChI is InChI=1S/C20H16Br2N2O4S/c1-3-28-17-14(21)8-11(9-15(17)22)10-16-18(25)24(2)20(29-16)23-13-6-4-12(5-7-13)19(26)27/h4-10H,3H2,1-2H3,(H,26,27)/b16-10-,23-20?. The Morgan fingerprint density at radius 3 is 2.41 bits per heavy atom. The van der Waals surface area contributed by atoms with E-state index in [-0.39, 0.29) is 11.5 Å². The summed E-state index contributed by atoms with van der Waals surface area (Å²) in [6, 6.07) is 9.95. The van der Waals surface area contributed by atoms with E-state index in [1.807, 2.05) is 19.1 Å². The number of amidine groups is 1. The molecule has 0 atom stereocenters. The number of carbonyl (C=O) groups excluding carboxylic acids is 1. The third kappa shape index (κ3) is 4.91. The minimum atomic E-state index is -0.996. The number of ether oxygens (including phenoxy) is 1. The maximum atomic E-state index is 12.6. The van der Waals surface area contributed by atoms with Crippen molar-refractivity contribution in [2.45, 2.75) is 6.92 Å². The molecule has 2 aromatic rings. The second-order valence-corrected chi connectivity index (χ2v) is 8.69. The number of hydrogen-bond donors (Lipinski definition) is 1. The Balaban J connectivity index is 1.87. The molecule has 2 aromatic carbocycles. The summed E-state index contributed by atoms with van der Waals surface area (Å²) in [5.41, 5.74) is 1.60. The maximum Gasteiger partial charge on any atom is 0.335 e. The largest absolute Gasteiger partial charge is 0.492 e. The van der Waals surface area contributed by atoms with E-state index in [9.17, 15) is 9.59 Å². The first-order valence-electron chi connectivity index (χ1n) is 8.51. The van der Waals surface area contributed by atoms with Crippen LogP contribution < -0.4 is 4.74 Å². The number of carbonyl (C=O) groups is 2. The van der Waals surface area contributed by atoms with Gasteiger partial charge in [0.05, 0.1) is 31.7 Å².